The second-order valence-corrected chi connectivity index (χ2v) is 6.52. The SMILES string of the molecule is O=C(NC1CC(C(=O)O)C1)c1csc(-c2cccc(Cl)c2)n1. The van der Waals surface area contributed by atoms with Crippen LogP contribution in [0.3, 0.4) is 0 Å². The zero-order chi connectivity index (χ0) is 15.7. The maximum Gasteiger partial charge on any atom is 0.306 e. The Balaban J connectivity index is 1.64. The van der Waals surface area contributed by atoms with Gasteiger partial charge in [-0.15, -0.1) is 11.3 Å². The van der Waals surface area contributed by atoms with Crippen LogP contribution in [-0.4, -0.2) is 28.0 Å². The minimum absolute atomic E-state index is 0.0788. The maximum absolute atomic E-state index is 12.1. The van der Waals surface area contributed by atoms with Crippen molar-refractivity contribution in [1.29, 1.82) is 0 Å². The number of hydrogen-bond donors (Lipinski definition) is 2. The Morgan fingerprint density at radius 2 is 2.14 bits per heavy atom. The molecule has 0 radical (unpaired) electrons. The van der Waals surface area contributed by atoms with Crippen molar-refractivity contribution in [1.82, 2.24) is 10.3 Å². The van der Waals surface area contributed by atoms with Crippen LogP contribution in [0.5, 0.6) is 0 Å². The molecule has 2 aromatic rings. The lowest BCUT2D eigenvalue weighted by Gasteiger charge is -2.32. The number of carbonyl (C=O) groups excluding carboxylic acids is 1. The first-order valence-electron chi connectivity index (χ1n) is 6.78. The number of hydrogen-bond acceptors (Lipinski definition) is 4. The Morgan fingerprint density at radius 1 is 1.36 bits per heavy atom. The van der Waals surface area contributed by atoms with Crippen LogP contribution in [0.15, 0.2) is 29.6 Å². The van der Waals surface area contributed by atoms with Gasteiger partial charge in [-0.1, -0.05) is 23.7 Å². The molecule has 0 spiro atoms. The van der Waals surface area contributed by atoms with Crippen LogP contribution < -0.4 is 5.32 Å². The molecule has 114 valence electrons. The fourth-order valence-corrected chi connectivity index (χ4v) is 3.32. The van der Waals surface area contributed by atoms with E-state index in [1.165, 1.54) is 11.3 Å². The second-order valence-electron chi connectivity index (χ2n) is 5.23. The summed E-state index contributed by atoms with van der Waals surface area (Å²) in [6.45, 7) is 0. The molecule has 0 aliphatic heterocycles. The van der Waals surface area contributed by atoms with Crippen molar-refractivity contribution in [3.63, 3.8) is 0 Å². The summed E-state index contributed by atoms with van der Waals surface area (Å²) in [6.07, 6.45) is 0.957. The van der Waals surface area contributed by atoms with Crippen molar-refractivity contribution >= 4 is 34.8 Å². The molecule has 0 bridgehead atoms. The van der Waals surface area contributed by atoms with E-state index in [4.69, 9.17) is 16.7 Å². The van der Waals surface area contributed by atoms with Gasteiger partial charge in [0.1, 0.15) is 10.7 Å². The Bertz CT molecular complexity index is 725. The molecule has 0 saturated heterocycles. The summed E-state index contributed by atoms with van der Waals surface area (Å²) in [6, 6.07) is 7.22. The number of benzene rings is 1. The van der Waals surface area contributed by atoms with E-state index in [0.29, 0.717) is 23.6 Å². The Kier molecular flexibility index (Phi) is 4.13. The number of thiazole rings is 1. The molecule has 1 aliphatic carbocycles. The van der Waals surface area contributed by atoms with Crippen LogP contribution >= 0.6 is 22.9 Å². The number of aliphatic carboxylic acids is 1. The predicted octanol–water partition coefficient (Wildman–Crippen LogP) is 3.06. The van der Waals surface area contributed by atoms with E-state index in [1.54, 1.807) is 17.5 Å². The zero-order valence-corrected chi connectivity index (χ0v) is 13.0. The molecule has 1 aromatic heterocycles. The number of carbonyl (C=O) groups is 2. The van der Waals surface area contributed by atoms with Crippen LogP contribution in [0.1, 0.15) is 23.3 Å². The van der Waals surface area contributed by atoms with Crippen molar-refractivity contribution in [3.8, 4) is 10.6 Å². The van der Waals surface area contributed by atoms with Crippen LogP contribution in [-0.2, 0) is 4.79 Å². The molecule has 1 amide bonds. The molecule has 1 fully saturated rings. The highest BCUT2D eigenvalue weighted by molar-refractivity contribution is 7.13. The number of carboxylic acids is 1. The number of nitrogens with one attached hydrogen (secondary N) is 1. The number of halogens is 1. The van der Waals surface area contributed by atoms with Crippen LogP contribution in [0.4, 0.5) is 0 Å². The summed E-state index contributed by atoms with van der Waals surface area (Å²) in [7, 11) is 0. The molecule has 1 heterocycles. The van der Waals surface area contributed by atoms with Gasteiger partial charge in [-0.25, -0.2) is 4.98 Å². The molecule has 2 N–H and O–H groups in total. The van der Waals surface area contributed by atoms with E-state index in [2.05, 4.69) is 10.3 Å². The monoisotopic (exact) mass is 336 g/mol. The van der Waals surface area contributed by atoms with E-state index in [0.717, 1.165) is 10.6 Å². The van der Waals surface area contributed by atoms with Crippen LogP contribution in [0, 0.1) is 5.92 Å². The lowest BCUT2D eigenvalue weighted by atomic mass is 9.80. The molecule has 7 heteroatoms. The van der Waals surface area contributed by atoms with Gasteiger partial charge < -0.3 is 10.4 Å². The molecule has 1 aliphatic rings. The first kappa shape index (κ1) is 15.0. The fourth-order valence-electron chi connectivity index (χ4n) is 2.33. The van der Waals surface area contributed by atoms with Gasteiger partial charge in [-0.05, 0) is 25.0 Å². The Labute approximate surface area is 136 Å². The second kappa shape index (κ2) is 6.06. The van der Waals surface area contributed by atoms with E-state index in [-0.39, 0.29) is 17.9 Å². The first-order valence-corrected chi connectivity index (χ1v) is 8.04. The fraction of sp³-hybridized carbons (Fsp3) is 0.267. The minimum atomic E-state index is -0.803. The standard InChI is InChI=1S/C15H13ClN2O3S/c16-10-3-1-2-8(4-10)14-18-12(7-22-14)13(19)17-11-5-9(6-11)15(20)21/h1-4,7,9,11H,5-6H2,(H,17,19)(H,20,21). The first-order chi connectivity index (χ1) is 10.5. The van der Waals surface area contributed by atoms with Gasteiger partial charge in [-0.2, -0.15) is 0 Å². The van der Waals surface area contributed by atoms with Gasteiger partial charge in [0, 0.05) is 22.0 Å². The molecular formula is C15H13ClN2O3S. The maximum atomic E-state index is 12.1. The van der Waals surface area contributed by atoms with Crippen molar-refractivity contribution in [2.45, 2.75) is 18.9 Å². The van der Waals surface area contributed by atoms with Gasteiger partial charge in [-0.3, -0.25) is 9.59 Å². The highest BCUT2D eigenvalue weighted by Crippen LogP contribution is 2.29. The third-order valence-corrected chi connectivity index (χ3v) is 4.76. The predicted molar refractivity (Wildman–Crippen MR) is 84.2 cm³/mol. The summed E-state index contributed by atoms with van der Waals surface area (Å²) in [5, 5.41) is 14.7. The summed E-state index contributed by atoms with van der Waals surface area (Å²) in [4.78, 5) is 27.2. The molecular weight excluding hydrogens is 324 g/mol. The lowest BCUT2D eigenvalue weighted by Crippen LogP contribution is -2.46. The average Bonchev–Trinajstić information content (AvgIpc) is 2.91. The number of rotatable bonds is 4. The number of carboxylic acid groups (broad SMARTS) is 1. The highest BCUT2D eigenvalue weighted by atomic mass is 35.5. The number of aromatic nitrogens is 1. The highest BCUT2D eigenvalue weighted by Gasteiger charge is 2.35. The molecule has 5 nitrogen and oxygen atoms in total. The van der Waals surface area contributed by atoms with Crippen molar-refractivity contribution in [3.05, 3.63) is 40.4 Å². The van der Waals surface area contributed by atoms with E-state index in [1.807, 2.05) is 12.1 Å². The molecule has 1 saturated carbocycles. The van der Waals surface area contributed by atoms with E-state index < -0.39 is 5.97 Å². The Morgan fingerprint density at radius 3 is 2.82 bits per heavy atom. The number of nitrogens with zero attached hydrogens (tertiary/aromatic N) is 1. The molecule has 1 aromatic carbocycles. The average molecular weight is 337 g/mol. The van der Waals surface area contributed by atoms with Crippen molar-refractivity contribution in [2.75, 3.05) is 0 Å². The van der Waals surface area contributed by atoms with Gasteiger partial charge >= 0.3 is 5.97 Å². The van der Waals surface area contributed by atoms with Gasteiger partial charge in [0.05, 0.1) is 5.92 Å². The number of amides is 1. The van der Waals surface area contributed by atoms with Crippen LogP contribution in [0.2, 0.25) is 5.02 Å². The van der Waals surface area contributed by atoms with E-state index in [9.17, 15) is 9.59 Å². The Hall–Kier alpha value is -1.92. The van der Waals surface area contributed by atoms with Crippen molar-refractivity contribution in [2.24, 2.45) is 5.92 Å². The molecule has 22 heavy (non-hydrogen) atoms. The summed E-state index contributed by atoms with van der Waals surface area (Å²) >= 11 is 7.32. The smallest absolute Gasteiger partial charge is 0.306 e. The molecule has 0 atom stereocenters. The van der Waals surface area contributed by atoms with E-state index >= 15 is 0 Å². The third kappa shape index (κ3) is 3.13. The third-order valence-electron chi connectivity index (χ3n) is 3.63. The quantitative estimate of drug-likeness (QED) is 0.899. The minimum Gasteiger partial charge on any atom is -0.481 e. The zero-order valence-electron chi connectivity index (χ0n) is 11.5. The largest absolute Gasteiger partial charge is 0.481 e. The van der Waals surface area contributed by atoms with Crippen molar-refractivity contribution < 1.29 is 14.7 Å². The topological polar surface area (TPSA) is 79.3 Å². The molecule has 3 rings (SSSR count). The summed E-state index contributed by atoms with van der Waals surface area (Å²) in [5.41, 5.74) is 1.21. The molecule has 0 unspecified atom stereocenters. The van der Waals surface area contributed by atoms with Gasteiger partial charge in [0.15, 0.2) is 0 Å². The summed E-state index contributed by atoms with van der Waals surface area (Å²) < 4.78 is 0. The van der Waals surface area contributed by atoms with Gasteiger partial charge in [0.25, 0.3) is 5.91 Å². The lowest BCUT2D eigenvalue weighted by molar-refractivity contribution is -0.145. The van der Waals surface area contributed by atoms with Crippen LogP contribution in [0.25, 0.3) is 10.6 Å². The normalized spacial score (nSPS) is 20.2. The summed E-state index contributed by atoms with van der Waals surface area (Å²) in [5.74, 6) is -1.41. The van der Waals surface area contributed by atoms with Gasteiger partial charge in [0.2, 0.25) is 0 Å².